The maximum absolute atomic E-state index is 14.5. The number of hydrogen-bond donors (Lipinski definition) is 3. The number of halogens is 1. The second kappa shape index (κ2) is 8.99. The first-order valence-corrected chi connectivity index (χ1v) is 13.7. The Labute approximate surface area is 216 Å². The Morgan fingerprint density at radius 1 is 1.03 bits per heavy atom. The first-order valence-electron chi connectivity index (χ1n) is 11.6. The van der Waals surface area contributed by atoms with Crippen LogP contribution < -0.4 is 5.73 Å². The van der Waals surface area contributed by atoms with E-state index in [1.165, 1.54) is 12.1 Å². The first-order chi connectivity index (χ1) is 18.2. The SMILES string of the molecule is CS(=O)(=O)CCc1cc(F)cc(-c2ccnc3nc(-c4n[nH]c5ccc(-c6cncc(N)c6)nc45)[nH]c23)c1. The third kappa shape index (κ3) is 4.57. The summed E-state index contributed by atoms with van der Waals surface area (Å²) in [6.45, 7) is 0. The molecule has 10 nitrogen and oxygen atoms in total. The van der Waals surface area contributed by atoms with Gasteiger partial charge >= 0.3 is 0 Å². The van der Waals surface area contributed by atoms with Gasteiger partial charge in [-0.15, -0.1) is 0 Å². The van der Waals surface area contributed by atoms with E-state index in [1.54, 1.807) is 36.8 Å². The van der Waals surface area contributed by atoms with E-state index in [9.17, 15) is 12.8 Å². The fourth-order valence-electron chi connectivity index (χ4n) is 4.34. The van der Waals surface area contributed by atoms with Crippen LogP contribution in [-0.2, 0) is 16.3 Å². The van der Waals surface area contributed by atoms with Gasteiger partial charge in [0.05, 0.1) is 28.2 Å². The summed E-state index contributed by atoms with van der Waals surface area (Å²) in [7, 11) is -3.18. The molecule has 0 bridgehead atoms. The normalized spacial score (nSPS) is 11.9. The minimum atomic E-state index is -3.18. The highest BCUT2D eigenvalue weighted by atomic mass is 32.2. The van der Waals surface area contributed by atoms with E-state index in [1.807, 2.05) is 12.1 Å². The molecule has 6 rings (SSSR count). The van der Waals surface area contributed by atoms with Crippen molar-refractivity contribution in [1.82, 2.24) is 35.1 Å². The summed E-state index contributed by atoms with van der Waals surface area (Å²) in [6.07, 6.45) is 6.22. The molecule has 1 aromatic carbocycles. The van der Waals surface area contributed by atoms with Crippen LogP contribution in [0.25, 0.3) is 56.1 Å². The summed E-state index contributed by atoms with van der Waals surface area (Å²) in [5.74, 6) is -0.0834. The second-order valence-corrected chi connectivity index (χ2v) is 11.3. The van der Waals surface area contributed by atoms with Crippen LogP contribution >= 0.6 is 0 Å². The molecule has 12 heteroatoms. The van der Waals surface area contributed by atoms with Crippen LogP contribution in [0.15, 0.2) is 61.1 Å². The lowest BCUT2D eigenvalue weighted by molar-refractivity contribution is 0.600. The number of nitrogen functional groups attached to an aromatic ring is 1. The maximum Gasteiger partial charge on any atom is 0.178 e. The molecule has 38 heavy (non-hydrogen) atoms. The molecular formula is C26H21FN8O2S. The van der Waals surface area contributed by atoms with Crippen LogP contribution in [0.4, 0.5) is 10.1 Å². The molecule has 0 unspecified atom stereocenters. The lowest BCUT2D eigenvalue weighted by Crippen LogP contribution is -2.06. The summed E-state index contributed by atoms with van der Waals surface area (Å²) in [6, 6.07) is 11.8. The summed E-state index contributed by atoms with van der Waals surface area (Å²) in [5, 5.41) is 7.40. The zero-order chi connectivity index (χ0) is 26.4. The average molecular weight is 529 g/mol. The molecule has 0 aliphatic carbocycles. The van der Waals surface area contributed by atoms with Gasteiger partial charge < -0.3 is 10.7 Å². The van der Waals surface area contributed by atoms with E-state index >= 15 is 0 Å². The molecule has 0 aliphatic rings. The van der Waals surface area contributed by atoms with Gasteiger partial charge in [-0.05, 0) is 53.9 Å². The van der Waals surface area contributed by atoms with Crippen molar-refractivity contribution in [3.63, 3.8) is 0 Å². The van der Waals surface area contributed by atoms with Crippen LogP contribution in [0.2, 0.25) is 0 Å². The predicted molar refractivity (Wildman–Crippen MR) is 143 cm³/mol. The summed E-state index contributed by atoms with van der Waals surface area (Å²) in [5.41, 5.74) is 12.5. The van der Waals surface area contributed by atoms with Crippen molar-refractivity contribution in [1.29, 1.82) is 0 Å². The third-order valence-electron chi connectivity index (χ3n) is 6.11. The molecule has 0 fully saturated rings. The molecule has 0 aliphatic heterocycles. The highest BCUT2D eigenvalue weighted by Gasteiger charge is 2.18. The molecule has 5 heterocycles. The van der Waals surface area contributed by atoms with Crippen LogP contribution in [0.5, 0.6) is 0 Å². The Bertz CT molecular complexity index is 1950. The molecule has 0 atom stereocenters. The quantitative estimate of drug-likeness (QED) is 0.293. The molecule has 6 aromatic rings. The predicted octanol–water partition coefficient (Wildman–Crippen LogP) is 3.93. The summed E-state index contributed by atoms with van der Waals surface area (Å²) >= 11 is 0. The van der Waals surface area contributed by atoms with Crippen molar-refractivity contribution in [2.75, 3.05) is 17.7 Å². The van der Waals surface area contributed by atoms with Gasteiger partial charge in [0.15, 0.2) is 17.2 Å². The Hall–Kier alpha value is -4.71. The lowest BCUT2D eigenvalue weighted by atomic mass is 10.0. The molecule has 0 spiro atoms. The Morgan fingerprint density at radius 3 is 2.71 bits per heavy atom. The zero-order valence-corrected chi connectivity index (χ0v) is 20.9. The molecule has 0 radical (unpaired) electrons. The van der Waals surface area contributed by atoms with Gasteiger partial charge in [-0.2, -0.15) is 5.10 Å². The topological polar surface area (TPSA) is 156 Å². The molecular weight excluding hydrogens is 507 g/mol. The highest BCUT2D eigenvalue weighted by molar-refractivity contribution is 7.90. The number of nitrogens with one attached hydrogen (secondary N) is 2. The summed E-state index contributed by atoms with van der Waals surface area (Å²) < 4.78 is 37.7. The largest absolute Gasteiger partial charge is 0.397 e. The Morgan fingerprint density at radius 2 is 1.89 bits per heavy atom. The monoisotopic (exact) mass is 528 g/mol. The number of anilines is 1. The number of aryl methyl sites for hydroxylation is 1. The van der Waals surface area contributed by atoms with Gasteiger partial charge in [-0.1, -0.05) is 6.07 Å². The van der Waals surface area contributed by atoms with Gasteiger partial charge in [0.1, 0.15) is 21.2 Å². The van der Waals surface area contributed by atoms with Crippen molar-refractivity contribution in [2.24, 2.45) is 0 Å². The minimum Gasteiger partial charge on any atom is -0.397 e. The van der Waals surface area contributed by atoms with Crippen LogP contribution in [0.3, 0.4) is 0 Å². The number of fused-ring (bicyclic) bond motifs is 2. The van der Waals surface area contributed by atoms with Crippen molar-refractivity contribution >= 4 is 37.7 Å². The standard InChI is InChI=1S/C26H21FN8O2S/c1-38(36,37)7-5-14-8-15(10-17(27)9-14)19-4-6-30-25-22(19)32-26(33-25)24-23-21(34-35-24)3-2-20(31-23)16-11-18(28)13-29-12-16/h2-4,6,8-13H,5,7,28H2,1H3,(H,34,35)(H,30,32,33). The van der Waals surface area contributed by atoms with E-state index in [4.69, 9.17) is 10.7 Å². The number of sulfone groups is 1. The smallest absolute Gasteiger partial charge is 0.178 e. The van der Waals surface area contributed by atoms with Crippen molar-refractivity contribution < 1.29 is 12.8 Å². The number of benzene rings is 1. The fraction of sp³-hybridized carbons (Fsp3) is 0.115. The molecule has 190 valence electrons. The fourth-order valence-corrected chi connectivity index (χ4v) is 4.95. The molecule has 0 saturated carbocycles. The van der Waals surface area contributed by atoms with E-state index in [2.05, 4.69) is 30.1 Å². The molecule has 4 N–H and O–H groups in total. The number of rotatable bonds is 6. The minimum absolute atomic E-state index is 0.0668. The third-order valence-corrected chi connectivity index (χ3v) is 7.06. The number of H-pyrrole nitrogens is 2. The average Bonchev–Trinajstić information content (AvgIpc) is 3.50. The molecule has 0 saturated heterocycles. The van der Waals surface area contributed by atoms with Crippen molar-refractivity contribution in [2.45, 2.75) is 6.42 Å². The van der Waals surface area contributed by atoms with E-state index in [0.717, 1.165) is 17.3 Å². The number of hydrogen-bond acceptors (Lipinski definition) is 8. The van der Waals surface area contributed by atoms with Crippen molar-refractivity contribution in [3.8, 4) is 33.9 Å². The molecule has 0 amide bonds. The maximum atomic E-state index is 14.5. The number of nitrogens with zero attached hydrogens (tertiary/aromatic N) is 5. The molecule has 5 aromatic heterocycles. The van der Waals surface area contributed by atoms with E-state index in [-0.39, 0.29) is 12.2 Å². The summed E-state index contributed by atoms with van der Waals surface area (Å²) in [4.78, 5) is 21.2. The van der Waals surface area contributed by atoms with Crippen molar-refractivity contribution in [3.05, 3.63) is 72.4 Å². The zero-order valence-electron chi connectivity index (χ0n) is 20.1. The first kappa shape index (κ1) is 23.7. The van der Waals surface area contributed by atoms with E-state index in [0.29, 0.717) is 56.3 Å². The number of pyridine rings is 3. The van der Waals surface area contributed by atoms with Crippen LogP contribution in [0.1, 0.15) is 5.56 Å². The Balaban J connectivity index is 1.43. The van der Waals surface area contributed by atoms with Gasteiger partial charge in [0, 0.05) is 36.0 Å². The van der Waals surface area contributed by atoms with Gasteiger partial charge in [-0.3, -0.25) is 10.1 Å². The van der Waals surface area contributed by atoms with Crippen LogP contribution in [-0.4, -0.2) is 55.5 Å². The van der Waals surface area contributed by atoms with Gasteiger partial charge in [-0.25, -0.2) is 27.8 Å². The van der Waals surface area contributed by atoms with Gasteiger partial charge in [0.2, 0.25) is 0 Å². The Kier molecular flexibility index (Phi) is 5.60. The highest BCUT2D eigenvalue weighted by Crippen LogP contribution is 2.32. The number of aromatic amines is 2. The van der Waals surface area contributed by atoms with E-state index < -0.39 is 15.7 Å². The van der Waals surface area contributed by atoms with Gasteiger partial charge in [0.25, 0.3) is 0 Å². The number of aromatic nitrogens is 7. The van der Waals surface area contributed by atoms with Crippen LogP contribution in [0, 0.1) is 5.82 Å². The second-order valence-electron chi connectivity index (χ2n) is 9.04. The number of nitrogens with two attached hydrogens (primary N) is 1. The number of imidazole rings is 1. The lowest BCUT2D eigenvalue weighted by Gasteiger charge is -2.07.